The fourth-order valence-corrected chi connectivity index (χ4v) is 3.53. The molecule has 1 aliphatic rings. The molecule has 0 aliphatic heterocycles. The number of amidine groups is 1. The van der Waals surface area contributed by atoms with Crippen LogP contribution in [0.1, 0.15) is 39.9 Å². The number of hydrogen-bond donors (Lipinski definition) is 2. The Morgan fingerprint density at radius 3 is 3.00 bits per heavy atom. The highest BCUT2D eigenvalue weighted by molar-refractivity contribution is 7.14. The summed E-state index contributed by atoms with van der Waals surface area (Å²) in [6.07, 6.45) is 3.74. The van der Waals surface area contributed by atoms with Crippen molar-refractivity contribution in [2.45, 2.75) is 38.6 Å². The molecular weight excluding hydrogens is 262 g/mol. The normalized spacial score (nSPS) is 16.2. The van der Waals surface area contributed by atoms with Crippen LogP contribution < -0.4 is 5.73 Å². The van der Waals surface area contributed by atoms with Gasteiger partial charge in [0.05, 0.1) is 4.88 Å². The SMILES string of the molecule is CC(C/C(N)=N/O)N(C)C(=O)c1cc2c(s1)CCC2. The average molecular weight is 281 g/mol. The molecule has 104 valence electrons. The topological polar surface area (TPSA) is 78.9 Å². The molecule has 1 aromatic heterocycles. The number of carbonyl (C=O) groups is 1. The molecule has 0 saturated carbocycles. The van der Waals surface area contributed by atoms with Crippen molar-refractivity contribution in [3.8, 4) is 0 Å². The number of carbonyl (C=O) groups excluding carboxylic acids is 1. The van der Waals surface area contributed by atoms with Gasteiger partial charge in [-0.05, 0) is 37.8 Å². The van der Waals surface area contributed by atoms with E-state index in [9.17, 15) is 4.79 Å². The van der Waals surface area contributed by atoms with E-state index < -0.39 is 0 Å². The van der Waals surface area contributed by atoms with E-state index in [1.54, 1.807) is 23.3 Å². The Morgan fingerprint density at radius 2 is 2.37 bits per heavy atom. The molecule has 1 atom stereocenters. The highest BCUT2D eigenvalue weighted by Gasteiger charge is 2.23. The van der Waals surface area contributed by atoms with Gasteiger partial charge in [-0.25, -0.2) is 0 Å². The van der Waals surface area contributed by atoms with Crippen molar-refractivity contribution in [2.75, 3.05) is 7.05 Å². The molecule has 0 aromatic carbocycles. The van der Waals surface area contributed by atoms with Crippen molar-refractivity contribution in [3.05, 3.63) is 21.4 Å². The largest absolute Gasteiger partial charge is 0.409 e. The molecular formula is C13H19N3O2S. The fourth-order valence-electron chi connectivity index (χ4n) is 2.29. The number of aryl methyl sites for hydroxylation is 2. The highest BCUT2D eigenvalue weighted by atomic mass is 32.1. The van der Waals surface area contributed by atoms with Gasteiger partial charge >= 0.3 is 0 Å². The van der Waals surface area contributed by atoms with Crippen molar-refractivity contribution < 1.29 is 10.0 Å². The summed E-state index contributed by atoms with van der Waals surface area (Å²) in [5.74, 6) is 0.151. The minimum atomic E-state index is -0.0969. The van der Waals surface area contributed by atoms with E-state index in [1.807, 2.05) is 13.0 Å². The van der Waals surface area contributed by atoms with Gasteiger partial charge in [-0.1, -0.05) is 5.16 Å². The third kappa shape index (κ3) is 2.89. The van der Waals surface area contributed by atoms with E-state index in [2.05, 4.69) is 5.16 Å². The van der Waals surface area contributed by atoms with Gasteiger partial charge in [0, 0.05) is 24.4 Å². The molecule has 0 radical (unpaired) electrons. The Balaban J connectivity index is 2.05. The maximum Gasteiger partial charge on any atom is 0.263 e. The molecule has 1 amide bonds. The number of hydrogen-bond acceptors (Lipinski definition) is 4. The lowest BCUT2D eigenvalue weighted by Crippen LogP contribution is -2.37. The zero-order chi connectivity index (χ0) is 14.0. The van der Waals surface area contributed by atoms with Crippen LogP contribution in [0, 0.1) is 0 Å². The van der Waals surface area contributed by atoms with Crippen LogP contribution in [0.2, 0.25) is 0 Å². The molecule has 19 heavy (non-hydrogen) atoms. The van der Waals surface area contributed by atoms with Crippen LogP contribution in [0.5, 0.6) is 0 Å². The predicted molar refractivity (Wildman–Crippen MR) is 75.9 cm³/mol. The van der Waals surface area contributed by atoms with E-state index in [4.69, 9.17) is 10.9 Å². The third-order valence-corrected chi connectivity index (χ3v) is 4.80. The van der Waals surface area contributed by atoms with Crippen LogP contribution in [0.15, 0.2) is 11.2 Å². The van der Waals surface area contributed by atoms with Gasteiger partial charge < -0.3 is 15.8 Å². The summed E-state index contributed by atoms with van der Waals surface area (Å²) in [6.45, 7) is 1.89. The molecule has 1 aliphatic carbocycles. The van der Waals surface area contributed by atoms with Gasteiger partial charge in [-0.2, -0.15) is 0 Å². The molecule has 0 saturated heterocycles. The molecule has 3 N–H and O–H groups in total. The second-order valence-electron chi connectivity index (χ2n) is 4.97. The lowest BCUT2D eigenvalue weighted by molar-refractivity contribution is 0.0752. The van der Waals surface area contributed by atoms with Gasteiger partial charge in [-0.15, -0.1) is 11.3 Å². The first-order valence-corrected chi connectivity index (χ1v) is 7.19. The minimum absolute atomic E-state index is 0.0117. The van der Waals surface area contributed by atoms with E-state index >= 15 is 0 Å². The first-order chi connectivity index (χ1) is 9.02. The van der Waals surface area contributed by atoms with Crippen LogP contribution in [-0.4, -0.2) is 34.9 Å². The Hall–Kier alpha value is -1.56. The number of nitrogens with zero attached hydrogens (tertiary/aromatic N) is 2. The minimum Gasteiger partial charge on any atom is -0.409 e. The van der Waals surface area contributed by atoms with Gasteiger partial charge in [0.1, 0.15) is 5.84 Å². The highest BCUT2D eigenvalue weighted by Crippen LogP contribution is 2.31. The molecule has 6 heteroatoms. The van der Waals surface area contributed by atoms with E-state index in [-0.39, 0.29) is 17.8 Å². The van der Waals surface area contributed by atoms with Gasteiger partial charge in [-0.3, -0.25) is 4.79 Å². The van der Waals surface area contributed by atoms with Crippen LogP contribution >= 0.6 is 11.3 Å². The molecule has 0 bridgehead atoms. The van der Waals surface area contributed by atoms with Crippen LogP contribution in [0.3, 0.4) is 0 Å². The maximum absolute atomic E-state index is 12.4. The molecule has 1 heterocycles. The molecule has 0 spiro atoms. The molecule has 2 rings (SSSR count). The van der Waals surface area contributed by atoms with Gasteiger partial charge in [0.15, 0.2) is 0 Å². The van der Waals surface area contributed by atoms with Crippen molar-refractivity contribution in [2.24, 2.45) is 10.9 Å². The number of fused-ring (bicyclic) bond motifs is 1. The van der Waals surface area contributed by atoms with Crippen molar-refractivity contribution in [3.63, 3.8) is 0 Å². The summed E-state index contributed by atoms with van der Waals surface area (Å²) in [7, 11) is 1.75. The predicted octanol–water partition coefficient (Wildman–Crippen LogP) is 1.83. The third-order valence-electron chi connectivity index (χ3n) is 3.57. The summed E-state index contributed by atoms with van der Waals surface area (Å²) >= 11 is 1.60. The summed E-state index contributed by atoms with van der Waals surface area (Å²) < 4.78 is 0. The summed E-state index contributed by atoms with van der Waals surface area (Å²) in [5, 5.41) is 11.5. The Morgan fingerprint density at radius 1 is 1.63 bits per heavy atom. The molecule has 0 fully saturated rings. The van der Waals surface area contributed by atoms with Crippen molar-refractivity contribution in [1.82, 2.24) is 4.90 Å². The Labute approximate surface area is 116 Å². The van der Waals surface area contributed by atoms with Gasteiger partial charge in [0.2, 0.25) is 0 Å². The van der Waals surface area contributed by atoms with Crippen LogP contribution in [0.25, 0.3) is 0 Å². The standard InChI is InChI=1S/C13H19N3O2S/c1-8(6-12(14)15-18)16(2)13(17)11-7-9-4-3-5-10(9)19-11/h7-8,18H,3-6H2,1-2H3,(H2,14,15). The van der Waals surface area contributed by atoms with Crippen molar-refractivity contribution >= 4 is 23.1 Å². The average Bonchev–Trinajstić information content (AvgIpc) is 2.97. The zero-order valence-electron chi connectivity index (χ0n) is 11.2. The van der Waals surface area contributed by atoms with E-state index in [0.717, 1.165) is 17.7 Å². The zero-order valence-corrected chi connectivity index (χ0v) is 12.0. The van der Waals surface area contributed by atoms with E-state index in [0.29, 0.717) is 6.42 Å². The smallest absolute Gasteiger partial charge is 0.263 e. The summed E-state index contributed by atoms with van der Waals surface area (Å²) in [4.78, 5) is 16.1. The Bertz CT molecular complexity index is 488. The molecule has 1 aromatic rings. The lowest BCUT2D eigenvalue weighted by atomic mass is 10.2. The van der Waals surface area contributed by atoms with Crippen molar-refractivity contribution in [1.29, 1.82) is 0 Å². The van der Waals surface area contributed by atoms with Crippen LogP contribution in [0.4, 0.5) is 0 Å². The number of thiophene rings is 1. The number of amides is 1. The Kier molecular flexibility index (Phi) is 4.09. The maximum atomic E-state index is 12.4. The summed E-state index contributed by atoms with van der Waals surface area (Å²) in [6, 6.07) is 1.92. The number of oxime groups is 1. The first-order valence-electron chi connectivity index (χ1n) is 6.38. The lowest BCUT2D eigenvalue weighted by Gasteiger charge is -2.23. The second-order valence-corrected chi connectivity index (χ2v) is 6.11. The molecule has 1 unspecified atom stereocenters. The number of nitrogens with two attached hydrogens (primary N) is 1. The quantitative estimate of drug-likeness (QED) is 0.382. The van der Waals surface area contributed by atoms with Gasteiger partial charge in [0.25, 0.3) is 5.91 Å². The first kappa shape index (κ1) is 13.9. The second kappa shape index (κ2) is 5.61. The monoisotopic (exact) mass is 281 g/mol. The fraction of sp³-hybridized carbons (Fsp3) is 0.538. The summed E-state index contributed by atoms with van der Waals surface area (Å²) in [5.41, 5.74) is 6.80. The number of rotatable bonds is 4. The van der Waals surface area contributed by atoms with E-state index in [1.165, 1.54) is 16.9 Å². The van der Waals surface area contributed by atoms with Crippen LogP contribution in [-0.2, 0) is 12.8 Å². The molecule has 5 nitrogen and oxygen atoms in total.